The van der Waals surface area contributed by atoms with E-state index < -0.39 is 11.6 Å². The molecular weight excluding hydrogens is 272 g/mol. The molecule has 1 fully saturated rings. The van der Waals surface area contributed by atoms with Gasteiger partial charge in [-0.15, -0.1) is 0 Å². The van der Waals surface area contributed by atoms with Crippen molar-refractivity contribution in [3.05, 3.63) is 35.4 Å². The minimum Gasteiger partial charge on any atom is -0.300 e. The topological polar surface area (TPSA) is 20.3 Å². The normalized spacial score (nSPS) is 15.0. The number of carbonyl (C=O) groups is 1. The number of Topliss-reactive ketones (excluding diaryl/α,β-unsaturated/α-hetero) is 1. The summed E-state index contributed by atoms with van der Waals surface area (Å²) < 4.78 is 26.3. The van der Waals surface area contributed by atoms with Crippen LogP contribution in [0.5, 0.6) is 0 Å². The number of hydrogen-bond acceptors (Lipinski definition) is 2. The fourth-order valence-corrected chi connectivity index (χ4v) is 2.44. The Kier molecular flexibility index (Phi) is 5.45. The summed E-state index contributed by atoms with van der Waals surface area (Å²) in [6.07, 6.45) is 3.82. The summed E-state index contributed by atoms with van der Waals surface area (Å²) in [6.45, 7) is 6.04. The van der Waals surface area contributed by atoms with Crippen molar-refractivity contribution in [2.75, 3.05) is 13.1 Å². The van der Waals surface area contributed by atoms with Gasteiger partial charge >= 0.3 is 0 Å². The Morgan fingerprint density at radius 1 is 1.19 bits per heavy atom. The van der Waals surface area contributed by atoms with Crippen molar-refractivity contribution in [2.24, 2.45) is 5.92 Å². The molecule has 1 saturated carbocycles. The third-order valence-corrected chi connectivity index (χ3v) is 3.87. The van der Waals surface area contributed by atoms with Crippen molar-refractivity contribution < 1.29 is 13.6 Å². The van der Waals surface area contributed by atoms with Gasteiger partial charge in [-0.3, -0.25) is 9.69 Å². The predicted octanol–water partition coefficient (Wildman–Crippen LogP) is 4.05. The van der Waals surface area contributed by atoms with E-state index in [0.29, 0.717) is 24.9 Å². The van der Waals surface area contributed by atoms with E-state index in [2.05, 4.69) is 18.7 Å². The van der Waals surface area contributed by atoms with Gasteiger partial charge in [-0.1, -0.05) is 13.8 Å². The van der Waals surface area contributed by atoms with Crippen LogP contribution in [0.2, 0.25) is 0 Å². The fraction of sp³-hybridized carbons (Fsp3) is 0.588. The monoisotopic (exact) mass is 295 g/mol. The van der Waals surface area contributed by atoms with Crippen molar-refractivity contribution >= 4 is 5.78 Å². The quantitative estimate of drug-likeness (QED) is 0.674. The molecule has 1 aliphatic rings. The molecule has 0 bridgehead atoms. The van der Waals surface area contributed by atoms with Crippen LogP contribution in [0, 0.1) is 17.6 Å². The molecule has 0 unspecified atom stereocenters. The molecule has 0 spiro atoms. The zero-order chi connectivity index (χ0) is 15.4. The number of carbonyl (C=O) groups excluding carboxylic acids is 1. The molecule has 0 atom stereocenters. The number of halogens is 2. The number of hydrogen-bond donors (Lipinski definition) is 0. The van der Waals surface area contributed by atoms with Gasteiger partial charge in [0.2, 0.25) is 0 Å². The number of ketones is 1. The van der Waals surface area contributed by atoms with Crippen LogP contribution >= 0.6 is 0 Å². The second-order valence-corrected chi connectivity index (χ2v) is 6.28. The maximum atomic E-state index is 13.1. The van der Waals surface area contributed by atoms with E-state index in [1.807, 2.05) is 0 Å². The van der Waals surface area contributed by atoms with Crippen LogP contribution in [0.25, 0.3) is 0 Å². The number of rotatable bonds is 8. The average Bonchev–Trinajstić information content (AvgIpc) is 3.21. The van der Waals surface area contributed by atoms with E-state index in [-0.39, 0.29) is 11.3 Å². The van der Waals surface area contributed by atoms with Gasteiger partial charge in [0.1, 0.15) is 11.6 Å². The molecule has 1 aromatic carbocycles. The van der Waals surface area contributed by atoms with Crippen molar-refractivity contribution in [2.45, 2.75) is 45.6 Å². The van der Waals surface area contributed by atoms with E-state index in [4.69, 9.17) is 0 Å². The summed E-state index contributed by atoms with van der Waals surface area (Å²) in [5.41, 5.74) is 0.132. The lowest BCUT2D eigenvalue weighted by molar-refractivity contribution is 0.0960. The molecule has 1 aliphatic carbocycles. The summed E-state index contributed by atoms with van der Waals surface area (Å²) in [5, 5.41) is 0. The highest BCUT2D eigenvalue weighted by molar-refractivity contribution is 5.96. The van der Waals surface area contributed by atoms with E-state index in [0.717, 1.165) is 31.2 Å². The molecule has 0 radical (unpaired) electrons. The molecule has 0 amide bonds. The third-order valence-electron chi connectivity index (χ3n) is 3.87. The summed E-state index contributed by atoms with van der Waals surface area (Å²) in [7, 11) is 0. The summed E-state index contributed by atoms with van der Waals surface area (Å²) in [4.78, 5) is 14.4. The Labute approximate surface area is 125 Å². The minimum absolute atomic E-state index is 0.132. The van der Waals surface area contributed by atoms with Crippen LogP contribution < -0.4 is 0 Å². The van der Waals surface area contributed by atoms with Crippen LogP contribution in [0.1, 0.15) is 49.9 Å². The number of nitrogens with zero attached hydrogens (tertiary/aromatic N) is 1. The molecule has 2 nitrogen and oxygen atoms in total. The first-order valence-electron chi connectivity index (χ1n) is 7.69. The first-order valence-corrected chi connectivity index (χ1v) is 7.69. The summed E-state index contributed by atoms with van der Waals surface area (Å²) in [6, 6.07) is 3.61. The summed E-state index contributed by atoms with van der Waals surface area (Å²) in [5.74, 6) is -0.947. The van der Waals surface area contributed by atoms with Gasteiger partial charge in [-0.05, 0) is 43.9 Å². The van der Waals surface area contributed by atoms with Crippen LogP contribution in [0.15, 0.2) is 18.2 Å². The van der Waals surface area contributed by atoms with E-state index >= 15 is 0 Å². The lowest BCUT2D eigenvalue weighted by Crippen LogP contribution is -2.30. The highest BCUT2D eigenvalue weighted by atomic mass is 19.1. The Balaban J connectivity index is 1.89. The molecule has 0 heterocycles. The van der Waals surface area contributed by atoms with E-state index in [1.54, 1.807) is 0 Å². The van der Waals surface area contributed by atoms with Gasteiger partial charge in [0.05, 0.1) is 0 Å². The van der Waals surface area contributed by atoms with Crippen molar-refractivity contribution in [3.63, 3.8) is 0 Å². The standard InChI is InChI=1S/C17H23F2NO/c1-12(2)5-7-20(16-3-4-16)8-6-17(21)13-9-14(18)11-15(19)10-13/h9-12,16H,3-8H2,1-2H3. The average molecular weight is 295 g/mol. The third kappa shape index (κ3) is 5.20. The molecule has 0 saturated heterocycles. The maximum absolute atomic E-state index is 13.1. The highest BCUT2D eigenvalue weighted by Crippen LogP contribution is 2.27. The zero-order valence-electron chi connectivity index (χ0n) is 12.7. The maximum Gasteiger partial charge on any atom is 0.164 e. The molecule has 2 rings (SSSR count). The molecule has 116 valence electrons. The minimum atomic E-state index is -0.697. The highest BCUT2D eigenvalue weighted by Gasteiger charge is 2.28. The van der Waals surface area contributed by atoms with Gasteiger partial charge < -0.3 is 0 Å². The van der Waals surface area contributed by atoms with Crippen molar-refractivity contribution in [1.29, 1.82) is 0 Å². The van der Waals surface area contributed by atoms with Crippen molar-refractivity contribution in [1.82, 2.24) is 4.90 Å². The second-order valence-electron chi connectivity index (χ2n) is 6.28. The SMILES string of the molecule is CC(C)CCN(CCC(=O)c1cc(F)cc(F)c1)C1CC1. The van der Waals surface area contributed by atoms with Crippen LogP contribution in [-0.2, 0) is 0 Å². The van der Waals surface area contributed by atoms with Crippen LogP contribution in [-0.4, -0.2) is 29.8 Å². The van der Waals surface area contributed by atoms with Crippen LogP contribution in [0.3, 0.4) is 0 Å². The van der Waals surface area contributed by atoms with Gasteiger partial charge in [0, 0.05) is 30.6 Å². The molecular formula is C17H23F2NO. The Morgan fingerprint density at radius 3 is 2.33 bits per heavy atom. The molecule has 4 heteroatoms. The van der Waals surface area contributed by atoms with Gasteiger partial charge in [-0.2, -0.15) is 0 Å². The lowest BCUT2D eigenvalue weighted by Gasteiger charge is -2.22. The van der Waals surface area contributed by atoms with Gasteiger partial charge in [0.15, 0.2) is 5.78 Å². The second kappa shape index (κ2) is 7.12. The molecule has 1 aromatic rings. The Morgan fingerprint density at radius 2 is 1.81 bits per heavy atom. The van der Waals surface area contributed by atoms with E-state index in [1.165, 1.54) is 12.8 Å². The van der Waals surface area contributed by atoms with E-state index in [9.17, 15) is 13.6 Å². The predicted molar refractivity (Wildman–Crippen MR) is 79.4 cm³/mol. The largest absolute Gasteiger partial charge is 0.300 e. The molecule has 0 aliphatic heterocycles. The first-order chi connectivity index (χ1) is 9.95. The lowest BCUT2D eigenvalue weighted by atomic mass is 10.1. The molecule has 0 N–H and O–H groups in total. The smallest absolute Gasteiger partial charge is 0.164 e. The zero-order valence-corrected chi connectivity index (χ0v) is 12.7. The Hall–Kier alpha value is -1.29. The van der Waals surface area contributed by atoms with Crippen LogP contribution in [0.4, 0.5) is 8.78 Å². The molecule has 21 heavy (non-hydrogen) atoms. The van der Waals surface area contributed by atoms with Gasteiger partial charge in [-0.25, -0.2) is 8.78 Å². The fourth-order valence-electron chi connectivity index (χ4n) is 2.44. The summed E-state index contributed by atoms with van der Waals surface area (Å²) >= 11 is 0. The molecule has 0 aromatic heterocycles. The van der Waals surface area contributed by atoms with Crippen molar-refractivity contribution in [3.8, 4) is 0 Å². The van der Waals surface area contributed by atoms with Gasteiger partial charge in [0.25, 0.3) is 0 Å². The Bertz CT molecular complexity index is 477. The number of benzene rings is 1. The first kappa shape index (κ1) is 16.1.